The molecule has 21 heavy (non-hydrogen) atoms. The number of carboxylic acid groups (broad SMARTS) is 1. The maximum absolute atomic E-state index is 11.0. The first-order valence-corrected chi connectivity index (χ1v) is 6.39. The average Bonchev–Trinajstić information content (AvgIpc) is 2.93. The molecule has 2 aromatic rings. The Morgan fingerprint density at radius 1 is 1.33 bits per heavy atom. The van der Waals surface area contributed by atoms with Crippen molar-refractivity contribution in [1.82, 2.24) is 0 Å². The molecule has 1 aromatic heterocycles. The predicted molar refractivity (Wildman–Crippen MR) is 77.6 cm³/mol. The highest BCUT2D eigenvalue weighted by atomic mass is 35.5. The number of nitrogens with one attached hydrogen (secondary N) is 1. The van der Waals surface area contributed by atoms with Gasteiger partial charge in [-0.25, -0.2) is 4.79 Å². The lowest BCUT2D eigenvalue weighted by molar-refractivity contribution is 0.0694. The van der Waals surface area contributed by atoms with E-state index in [1.807, 2.05) is 0 Å². The lowest BCUT2D eigenvalue weighted by atomic mass is 10.2. The van der Waals surface area contributed by atoms with Crippen LogP contribution >= 0.6 is 11.6 Å². The van der Waals surface area contributed by atoms with Crippen molar-refractivity contribution in [2.75, 3.05) is 19.5 Å². The molecule has 1 aromatic carbocycles. The van der Waals surface area contributed by atoms with Gasteiger partial charge in [0.25, 0.3) is 0 Å². The Morgan fingerprint density at radius 2 is 2.05 bits per heavy atom. The summed E-state index contributed by atoms with van der Waals surface area (Å²) in [5.74, 6) is 0.291. The summed E-state index contributed by atoms with van der Waals surface area (Å²) < 4.78 is 15.5. The number of anilines is 1. The number of hydrogen-bond donors (Lipinski definition) is 2. The van der Waals surface area contributed by atoms with Crippen molar-refractivity contribution < 1.29 is 23.8 Å². The van der Waals surface area contributed by atoms with Crippen LogP contribution in [0.2, 0.25) is 5.02 Å². The summed E-state index contributed by atoms with van der Waals surface area (Å²) in [6.07, 6.45) is 1.33. The molecule has 0 radical (unpaired) electrons. The van der Waals surface area contributed by atoms with Gasteiger partial charge in [0.1, 0.15) is 22.8 Å². The number of carboxylic acids is 1. The molecule has 0 saturated heterocycles. The van der Waals surface area contributed by atoms with Gasteiger partial charge in [0.05, 0.1) is 37.7 Å². The molecule has 6 nitrogen and oxygen atoms in total. The first-order chi connectivity index (χ1) is 10.1. The van der Waals surface area contributed by atoms with E-state index >= 15 is 0 Å². The number of carbonyl (C=O) groups is 1. The van der Waals surface area contributed by atoms with E-state index in [2.05, 4.69) is 5.32 Å². The Morgan fingerprint density at radius 3 is 2.67 bits per heavy atom. The molecule has 0 aliphatic rings. The first-order valence-electron chi connectivity index (χ1n) is 6.02. The lowest BCUT2D eigenvalue weighted by Gasteiger charge is -2.13. The number of rotatable bonds is 6. The van der Waals surface area contributed by atoms with Gasteiger partial charge < -0.3 is 24.3 Å². The fourth-order valence-corrected chi connectivity index (χ4v) is 2.08. The highest BCUT2D eigenvalue weighted by molar-refractivity contribution is 6.32. The monoisotopic (exact) mass is 311 g/mol. The molecule has 2 rings (SSSR count). The lowest BCUT2D eigenvalue weighted by Crippen LogP contribution is -2.05. The van der Waals surface area contributed by atoms with E-state index in [0.29, 0.717) is 28.0 Å². The number of halogens is 1. The summed E-state index contributed by atoms with van der Waals surface area (Å²) in [4.78, 5) is 11.0. The third-order valence-corrected chi connectivity index (χ3v) is 3.18. The quantitative estimate of drug-likeness (QED) is 0.852. The second-order valence-electron chi connectivity index (χ2n) is 4.10. The zero-order valence-corrected chi connectivity index (χ0v) is 12.2. The van der Waals surface area contributed by atoms with Gasteiger partial charge >= 0.3 is 5.97 Å². The van der Waals surface area contributed by atoms with E-state index in [9.17, 15) is 4.79 Å². The van der Waals surface area contributed by atoms with Crippen molar-refractivity contribution in [2.45, 2.75) is 6.54 Å². The minimum atomic E-state index is -1.04. The summed E-state index contributed by atoms with van der Waals surface area (Å²) in [6.45, 7) is 0.188. The second kappa shape index (κ2) is 6.41. The molecule has 0 spiro atoms. The number of hydrogen-bond acceptors (Lipinski definition) is 5. The molecule has 0 unspecified atom stereocenters. The Kier molecular flexibility index (Phi) is 4.59. The maximum Gasteiger partial charge on any atom is 0.339 e. The number of ether oxygens (including phenoxy) is 2. The summed E-state index contributed by atoms with van der Waals surface area (Å²) in [5.41, 5.74) is 0.720. The van der Waals surface area contributed by atoms with Crippen LogP contribution in [0.15, 0.2) is 28.9 Å². The minimum Gasteiger partial charge on any atom is -0.495 e. The zero-order valence-electron chi connectivity index (χ0n) is 11.5. The normalized spacial score (nSPS) is 10.2. The molecule has 0 amide bonds. The van der Waals surface area contributed by atoms with Crippen LogP contribution in [0, 0.1) is 0 Å². The number of furan rings is 1. The Hall–Kier alpha value is -2.34. The average molecular weight is 312 g/mol. The summed E-state index contributed by atoms with van der Waals surface area (Å²) in [7, 11) is 3.03. The molecule has 0 atom stereocenters. The molecule has 0 aliphatic heterocycles. The minimum absolute atomic E-state index is 0.112. The van der Waals surface area contributed by atoms with E-state index in [0.717, 1.165) is 0 Å². The molecule has 0 bridgehead atoms. The van der Waals surface area contributed by atoms with Gasteiger partial charge in [-0.3, -0.25) is 0 Å². The SMILES string of the molecule is COc1cc(OC)c(NCc2occc2C(=O)O)cc1Cl. The van der Waals surface area contributed by atoms with Crippen LogP contribution in [-0.4, -0.2) is 25.3 Å². The standard InChI is InChI=1S/C14H14ClNO5/c1-19-11-6-12(20-2)10(5-9(11)15)16-7-13-8(14(17)18)3-4-21-13/h3-6,16H,7H2,1-2H3,(H,17,18). The first kappa shape index (κ1) is 15.1. The summed E-state index contributed by atoms with van der Waals surface area (Å²) in [5, 5.41) is 12.5. The van der Waals surface area contributed by atoms with Crippen molar-refractivity contribution >= 4 is 23.3 Å². The molecule has 2 N–H and O–H groups in total. The molecule has 7 heteroatoms. The fraction of sp³-hybridized carbons (Fsp3) is 0.214. The molecule has 112 valence electrons. The van der Waals surface area contributed by atoms with Crippen molar-refractivity contribution in [2.24, 2.45) is 0 Å². The predicted octanol–water partition coefficient (Wildman–Crippen LogP) is 3.26. The van der Waals surface area contributed by atoms with Crippen LogP contribution in [0.5, 0.6) is 11.5 Å². The highest BCUT2D eigenvalue weighted by Gasteiger charge is 2.15. The van der Waals surface area contributed by atoms with Crippen LogP contribution in [0.3, 0.4) is 0 Å². The van der Waals surface area contributed by atoms with Gasteiger partial charge in [-0.15, -0.1) is 0 Å². The van der Waals surface area contributed by atoms with Gasteiger partial charge in [-0.2, -0.15) is 0 Å². The van der Waals surface area contributed by atoms with Crippen molar-refractivity contribution in [3.8, 4) is 11.5 Å². The van der Waals surface area contributed by atoms with Crippen LogP contribution in [0.25, 0.3) is 0 Å². The molecular formula is C14H14ClNO5. The summed E-state index contributed by atoms with van der Waals surface area (Å²) >= 11 is 6.06. The molecule has 0 fully saturated rings. The van der Waals surface area contributed by atoms with Crippen LogP contribution in [0.1, 0.15) is 16.1 Å². The maximum atomic E-state index is 11.0. The Bertz CT molecular complexity index is 653. The van der Waals surface area contributed by atoms with Gasteiger partial charge in [-0.1, -0.05) is 11.6 Å². The van der Waals surface area contributed by atoms with E-state index < -0.39 is 5.97 Å². The molecule has 0 saturated carbocycles. The number of aromatic carboxylic acids is 1. The van der Waals surface area contributed by atoms with Crippen molar-refractivity contribution in [3.05, 3.63) is 40.8 Å². The summed E-state index contributed by atoms with van der Waals surface area (Å²) in [6, 6.07) is 4.69. The van der Waals surface area contributed by atoms with E-state index in [4.69, 9.17) is 30.6 Å². The van der Waals surface area contributed by atoms with Crippen molar-refractivity contribution in [3.63, 3.8) is 0 Å². The van der Waals surface area contributed by atoms with Crippen LogP contribution in [-0.2, 0) is 6.54 Å². The fourth-order valence-electron chi connectivity index (χ4n) is 1.84. The van der Waals surface area contributed by atoms with Crippen LogP contribution in [0.4, 0.5) is 5.69 Å². The van der Waals surface area contributed by atoms with E-state index in [1.54, 1.807) is 12.1 Å². The smallest absolute Gasteiger partial charge is 0.339 e. The van der Waals surface area contributed by atoms with Gasteiger partial charge in [0.2, 0.25) is 0 Å². The largest absolute Gasteiger partial charge is 0.495 e. The molecule has 1 heterocycles. The molecule has 0 aliphatic carbocycles. The van der Waals surface area contributed by atoms with Gasteiger partial charge in [0.15, 0.2) is 0 Å². The van der Waals surface area contributed by atoms with Gasteiger partial charge in [0, 0.05) is 6.07 Å². The number of benzene rings is 1. The van der Waals surface area contributed by atoms with Crippen molar-refractivity contribution in [1.29, 1.82) is 0 Å². The van der Waals surface area contributed by atoms with Crippen LogP contribution < -0.4 is 14.8 Å². The second-order valence-corrected chi connectivity index (χ2v) is 4.51. The van der Waals surface area contributed by atoms with Gasteiger partial charge in [-0.05, 0) is 12.1 Å². The highest BCUT2D eigenvalue weighted by Crippen LogP contribution is 2.36. The Balaban J connectivity index is 2.21. The third-order valence-electron chi connectivity index (χ3n) is 2.89. The topological polar surface area (TPSA) is 80.9 Å². The zero-order chi connectivity index (χ0) is 15.4. The Labute approximate surface area is 126 Å². The third kappa shape index (κ3) is 3.22. The van der Waals surface area contributed by atoms with E-state index in [1.165, 1.54) is 26.5 Å². The number of methoxy groups -OCH3 is 2. The van der Waals surface area contributed by atoms with E-state index in [-0.39, 0.29) is 12.1 Å². The molecular weight excluding hydrogens is 298 g/mol.